The highest BCUT2D eigenvalue weighted by Gasteiger charge is 2.21. The molecule has 0 N–H and O–H groups in total. The van der Waals surface area contributed by atoms with Crippen LogP contribution in [0.25, 0.3) is 10.9 Å². The van der Waals surface area contributed by atoms with Crippen LogP contribution in [0.3, 0.4) is 0 Å². The molecule has 0 aliphatic rings. The first-order chi connectivity index (χ1) is 11.4. The molecule has 4 nitrogen and oxygen atoms in total. The van der Waals surface area contributed by atoms with Crippen molar-refractivity contribution in [3.63, 3.8) is 0 Å². The van der Waals surface area contributed by atoms with Crippen molar-refractivity contribution in [3.05, 3.63) is 74.3 Å². The molecule has 2 aromatic carbocycles. The Balaban J connectivity index is 2.11. The summed E-state index contributed by atoms with van der Waals surface area (Å²) in [6, 6.07) is 12.1. The number of carbonyl (C=O) groups is 1. The molecule has 0 bridgehead atoms. The third-order valence-corrected chi connectivity index (χ3v) is 4.89. The largest absolute Gasteiger partial charge is 0.345 e. The van der Waals surface area contributed by atoms with Gasteiger partial charge in [0.2, 0.25) is 5.78 Å². The van der Waals surface area contributed by atoms with Crippen molar-refractivity contribution in [3.8, 4) is 0 Å². The first kappa shape index (κ1) is 16.7. The van der Waals surface area contributed by atoms with Crippen molar-refractivity contribution < 1.29 is 9.36 Å². The van der Waals surface area contributed by atoms with Crippen LogP contribution in [-0.2, 0) is 13.6 Å². The average molecular weight is 362 g/mol. The Hall–Kier alpha value is -2.17. The van der Waals surface area contributed by atoms with E-state index in [2.05, 4.69) is 0 Å². The molecular formula is C18H15Cl2N2O2+. The molecular weight excluding hydrogens is 347 g/mol. The number of rotatable bonds is 3. The first-order valence-electron chi connectivity index (χ1n) is 7.36. The van der Waals surface area contributed by atoms with Crippen LogP contribution in [0.2, 0.25) is 10.0 Å². The van der Waals surface area contributed by atoms with Crippen molar-refractivity contribution in [2.45, 2.75) is 13.5 Å². The van der Waals surface area contributed by atoms with Gasteiger partial charge in [0.25, 0.3) is 5.82 Å². The third kappa shape index (κ3) is 2.83. The van der Waals surface area contributed by atoms with E-state index < -0.39 is 0 Å². The maximum Gasteiger partial charge on any atom is 0.345 e. The van der Waals surface area contributed by atoms with Gasteiger partial charge in [-0.1, -0.05) is 35.3 Å². The highest BCUT2D eigenvalue weighted by atomic mass is 35.5. The van der Waals surface area contributed by atoms with E-state index in [9.17, 15) is 9.59 Å². The van der Waals surface area contributed by atoms with Gasteiger partial charge in [0.15, 0.2) is 6.54 Å². The van der Waals surface area contributed by atoms with Crippen LogP contribution < -0.4 is 10.1 Å². The molecule has 1 heterocycles. The highest BCUT2D eigenvalue weighted by Crippen LogP contribution is 2.22. The van der Waals surface area contributed by atoms with E-state index >= 15 is 0 Å². The Kier molecular flexibility index (Phi) is 4.43. The normalized spacial score (nSPS) is 11.0. The number of carbonyl (C=O) groups excluding carboxylic acids is 1. The summed E-state index contributed by atoms with van der Waals surface area (Å²) in [7, 11) is 1.70. The lowest BCUT2D eigenvalue weighted by Crippen LogP contribution is -2.47. The summed E-state index contributed by atoms with van der Waals surface area (Å²) >= 11 is 11.9. The standard InChI is InChI=1S/C18H15Cl2N2O2/c1-11-21(2)18(24)13-5-3-4-6-16(13)22(11)10-17(23)12-7-8-14(19)15(20)9-12/h3-9H,10H2,1-2H3/q+1. The molecule has 0 aliphatic heterocycles. The number of aromatic nitrogens is 2. The summed E-state index contributed by atoms with van der Waals surface area (Å²) in [5.41, 5.74) is 1.13. The predicted octanol–water partition coefficient (Wildman–Crippen LogP) is 3.32. The first-order valence-corrected chi connectivity index (χ1v) is 8.12. The highest BCUT2D eigenvalue weighted by molar-refractivity contribution is 6.42. The molecule has 3 aromatic rings. The molecule has 0 saturated carbocycles. The fraction of sp³-hybridized carbons (Fsp3) is 0.167. The second kappa shape index (κ2) is 6.38. The Morgan fingerprint density at radius 1 is 1.12 bits per heavy atom. The number of ketones is 1. The fourth-order valence-electron chi connectivity index (χ4n) is 2.68. The minimum Gasteiger partial charge on any atom is -0.290 e. The second-order valence-corrected chi connectivity index (χ2v) is 6.38. The van der Waals surface area contributed by atoms with Gasteiger partial charge >= 0.3 is 5.56 Å². The number of hydrogen-bond acceptors (Lipinski definition) is 2. The van der Waals surface area contributed by atoms with Gasteiger partial charge in [-0.05, 0) is 30.3 Å². The zero-order valence-corrected chi connectivity index (χ0v) is 14.7. The van der Waals surface area contributed by atoms with E-state index in [1.165, 1.54) is 0 Å². The van der Waals surface area contributed by atoms with Crippen molar-refractivity contribution in [2.75, 3.05) is 0 Å². The minimum absolute atomic E-state index is 0.0821. The Morgan fingerprint density at radius 3 is 2.54 bits per heavy atom. The number of nitrogens with zero attached hydrogens (tertiary/aromatic N) is 2. The van der Waals surface area contributed by atoms with Crippen LogP contribution in [0, 0.1) is 6.92 Å². The van der Waals surface area contributed by atoms with Crippen LogP contribution in [0.5, 0.6) is 0 Å². The Labute approximate surface area is 148 Å². The zero-order chi connectivity index (χ0) is 17.4. The molecule has 24 heavy (non-hydrogen) atoms. The van der Waals surface area contributed by atoms with Gasteiger partial charge in [-0.2, -0.15) is 4.57 Å². The molecule has 1 aromatic heterocycles. The van der Waals surface area contributed by atoms with Gasteiger partial charge in [-0.15, -0.1) is 0 Å². The average Bonchev–Trinajstić information content (AvgIpc) is 2.59. The smallest absolute Gasteiger partial charge is 0.290 e. The number of benzene rings is 2. The summed E-state index contributed by atoms with van der Waals surface area (Å²) in [6.45, 7) is 1.92. The molecule has 0 saturated heterocycles. The summed E-state index contributed by atoms with van der Waals surface area (Å²) in [5, 5.41) is 1.33. The number of hydrogen-bond donors (Lipinski definition) is 0. The number of halogens is 2. The van der Waals surface area contributed by atoms with Crippen LogP contribution in [0.15, 0.2) is 47.3 Å². The van der Waals surface area contributed by atoms with E-state index in [1.807, 2.05) is 29.7 Å². The van der Waals surface area contributed by atoms with Crippen molar-refractivity contribution in [1.29, 1.82) is 0 Å². The zero-order valence-electron chi connectivity index (χ0n) is 13.2. The number of fused-ring (bicyclic) bond motifs is 1. The number of para-hydroxylation sites is 1. The fourth-order valence-corrected chi connectivity index (χ4v) is 2.98. The molecule has 0 fully saturated rings. The monoisotopic (exact) mass is 361 g/mol. The molecule has 0 radical (unpaired) electrons. The number of Topliss-reactive ketones (excluding diaryl/α,β-unsaturated/α-hetero) is 1. The lowest BCUT2D eigenvalue weighted by atomic mass is 10.1. The quantitative estimate of drug-likeness (QED) is 0.530. The van der Waals surface area contributed by atoms with Gasteiger partial charge < -0.3 is 0 Å². The summed E-state index contributed by atoms with van der Waals surface area (Å²) < 4.78 is 3.38. The lowest BCUT2D eigenvalue weighted by Gasteiger charge is -2.09. The summed E-state index contributed by atoms with van der Waals surface area (Å²) in [4.78, 5) is 25.0. The van der Waals surface area contributed by atoms with Crippen molar-refractivity contribution in [1.82, 2.24) is 4.57 Å². The van der Waals surface area contributed by atoms with Crippen molar-refractivity contribution in [2.24, 2.45) is 7.05 Å². The molecule has 6 heteroatoms. The van der Waals surface area contributed by atoms with Crippen LogP contribution in [0.4, 0.5) is 0 Å². The van der Waals surface area contributed by atoms with Gasteiger partial charge in [0, 0.05) is 12.5 Å². The van der Waals surface area contributed by atoms with Gasteiger partial charge in [0.05, 0.1) is 17.1 Å². The maximum atomic E-state index is 12.7. The van der Waals surface area contributed by atoms with Crippen LogP contribution in [-0.4, -0.2) is 10.4 Å². The molecule has 0 atom stereocenters. The summed E-state index contributed by atoms with van der Waals surface area (Å²) in [6.07, 6.45) is 0. The van der Waals surface area contributed by atoms with E-state index in [0.717, 1.165) is 5.52 Å². The molecule has 122 valence electrons. The molecule has 0 amide bonds. The third-order valence-electron chi connectivity index (χ3n) is 4.15. The molecule has 0 spiro atoms. The van der Waals surface area contributed by atoms with E-state index in [0.29, 0.717) is 26.8 Å². The second-order valence-electron chi connectivity index (χ2n) is 5.57. The van der Waals surface area contributed by atoms with Crippen LogP contribution in [0.1, 0.15) is 16.2 Å². The summed E-state index contributed by atoms with van der Waals surface area (Å²) in [5.74, 6) is 0.595. The van der Waals surface area contributed by atoms with Crippen molar-refractivity contribution >= 4 is 39.9 Å². The molecule has 0 aliphatic carbocycles. The maximum absolute atomic E-state index is 12.7. The predicted molar refractivity (Wildman–Crippen MR) is 94.9 cm³/mol. The Bertz CT molecular complexity index is 1030. The van der Waals surface area contributed by atoms with Crippen LogP contribution >= 0.6 is 23.2 Å². The van der Waals surface area contributed by atoms with E-state index in [-0.39, 0.29) is 17.9 Å². The molecule has 3 rings (SSSR count). The molecule has 0 unspecified atom stereocenters. The topological polar surface area (TPSA) is 43.0 Å². The van der Waals surface area contributed by atoms with Gasteiger partial charge in [-0.3, -0.25) is 4.79 Å². The minimum atomic E-state index is -0.106. The van der Waals surface area contributed by atoms with Gasteiger partial charge in [-0.25, -0.2) is 9.36 Å². The van der Waals surface area contributed by atoms with E-state index in [1.54, 1.807) is 35.9 Å². The SMILES string of the molecule is Cc1n(C)c(=O)c2ccccc2[n+]1CC(=O)c1ccc(Cl)c(Cl)c1. The van der Waals surface area contributed by atoms with Gasteiger partial charge in [0.1, 0.15) is 10.9 Å². The Morgan fingerprint density at radius 2 is 1.83 bits per heavy atom. The van der Waals surface area contributed by atoms with E-state index in [4.69, 9.17) is 23.2 Å². The lowest BCUT2D eigenvalue weighted by molar-refractivity contribution is -0.668.